The van der Waals surface area contributed by atoms with Gasteiger partial charge in [0, 0.05) is 27.3 Å². The van der Waals surface area contributed by atoms with Crippen LogP contribution in [0, 0.1) is 0 Å². The number of carbonyl (C=O) groups excluding carboxylic acids is 1. The first-order valence-corrected chi connectivity index (χ1v) is 8.45. The van der Waals surface area contributed by atoms with Crippen LogP contribution in [0.25, 0.3) is 10.0 Å². The molecule has 2 aromatic rings. The van der Waals surface area contributed by atoms with Gasteiger partial charge in [0.15, 0.2) is 0 Å². The minimum atomic E-state index is 0. The summed E-state index contributed by atoms with van der Waals surface area (Å²) in [7, 11) is 2.44. The summed E-state index contributed by atoms with van der Waals surface area (Å²) >= 11 is 1.40. The van der Waals surface area contributed by atoms with Crippen LogP contribution in [0.15, 0.2) is 36.4 Å². The molecule has 1 atom stereocenters. The van der Waals surface area contributed by atoms with Crippen molar-refractivity contribution in [3.63, 3.8) is 0 Å². The molecule has 85 valence electrons. The molecule has 0 saturated carbocycles. The van der Waals surface area contributed by atoms with Crippen LogP contribution in [0.4, 0.5) is 0 Å². The van der Waals surface area contributed by atoms with Crippen LogP contribution in [0.5, 0.6) is 5.75 Å². The van der Waals surface area contributed by atoms with E-state index in [4.69, 9.17) is 4.18 Å². The van der Waals surface area contributed by atoms with Gasteiger partial charge in [0.05, 0.1) is 0 Å². The van der Waals surface area contributed by atoms with Crippen LogP contribution in [0.2, 0.25) is 0 Å². The van der Waals surface area contributed by atoms with Crippen molar-refractivity contribution in [3.05, 3.63) is 40.8 Å². The van der Waals surface area contributed by atoms with E-state index in [-0.39, 0.29) is 41.8 Å². The summed E-state index contributed by atoms with van der Waals surface area (Å²) < 4.78 is 7.39. The zero-order chi connectivity index (χ0) is 11.4. The maximum absolute atomic E-state index is 10.6. The molecule has 0 amide bonds. The first kappa shape index (κ1) is 15.4. The van der Waals surface area contributed by atoms with E-state index in [1.807, 2.05) is 36.4 Å². The number of carbonyl (C=O) groups is 1. The summed E-state index contributed by atoms with van der Waals surface area (Å²) in [6.07, 6.45) is 0.936. The molecule has 0 spiro atoms. The fourth-order valence-corrected chi connectivity index (χ4v) is 3.59. The fraction of sp³-hybridized carbons (Fsp3) is 0. The molecule has 1 unspecified atom stereocenters. The smallest absolute Gasteiger partial charge is 0 e. The molecule has 0 aliphatic carbocycles. The molecule has 1 aromatic heterocycles. The Morgan fingerprint density at radius 1 is 1.18 bits per heavy atom. The molecule has 1 aromatic carbocycles. The van der Waals surface area contributed by atoms with Crippen LogP contribution < -0.4 is 4.18 Å². The molecule has 2 rings (SSSR count). The number of hydrogen-bond acceptors (Lipinski definition) is 3. The van der Waals surface area contributed by atoms with Crippen molar-refractivity contribution >= 4 is 68.2 Å². The molecule has 6 heteroatoms. The van der Waals surface area contributed by atoms with Crippen molar-refractivity contribution in [2.45, 2.75) is 0 Å². The average molecular weight is 520 g/mol. The maximum atomic E-state index is 10.6. The van der Waals surface area contributed by atoms with E-state index in [1.165, 1.54) is 16.1 Å². The Bertz CT molecular complexity index is 486. The van der Waals surface area contributed by atoms with E-state index in [2.05, 4.69) is 8.44 Å². The Kier molecular flexibility index (Phi) is 7.04. The minimum Gasteiger partial charge on any atom is 0 e. The number of aldehydes is 1. The molecule has 0 bridgehead atoms. The molecular weight excluding hydrogens is 511 g/mol. The summed E-state index contributed by atoms with van der Waals surface area (Å²) in [5.74, 6) is 0.832. The molecule has 2 nitrogen and oxygen atoms in total. The second-order valence-corrected chi connectivity index (χ2v) is 6.30. The number of rotatable bonds is 4. The minimum absolute atomic E-state index is 0. The molecule has 1 heterocycles. The van der Waals surface area contributed by atoms with E-state index < -0.39 is 0 Å². The van der Waals surface area contributed by atoms with Crippen LogP contribution in [0.1, 0.15) is 9.23 Å². The van der Waals surface area contributed by atoms with Gasteiger partial charge in [-0.15, -0.1) is 0 Å². The van der Waals surface area contributed by atoms with Crippen molar-refractivity contribution in [3.8, 4) is 15.8 Å². The second-order valence-electron chi connectivity index (χ2n) is 3.02. The SMILES string of the molecule is O=Cc1ccc(-c2ccc(OSP)cc2)[se]1.[Tl]. The summed E-state index contributed by atoms with van der Waals surface area (Å²) in [4.78, 5) is 10.6. The predicted octanol–water partition coefficient (Wildman–Crippen LogP) is 2.66. The van der Waals surface area contributed by atoms with Crippen LogP contribution in [-0.4, -0.2) is 48.1 Å². The topological polar surface area (TPSA) is 26.3 Å². The van der Waals surface area contributed by atoms with Crippen molar-refractivity contribution < 1.29 is 8.98 Å². The average Bonchev–Trinajstić information content (AvgIpc) is 2.79. The largest absolute Gasteiger partial charge is 0 e. The Labute approximate surface area is 133 Å². The Morgan fingerprint density at radius 2 is 1.88 bits per heavy atom. The maximum Gasteiger partial charge on any atom is 0 e. The van der Waals surface area contributed by atoms with Gasteiger partial charge in [0.1, 0.15) is 0 Å². The Balaban J connectivity index is 0.00000144. The van der Waals surface area contributed by atoms with E-state index in [0.717, 1.165) is 22.0 Å². The van der Waals surface area contributed by atoms with Crippen molar-refractivity contribution in [2.24, 2.45) is 0 Å². The van der Waals surface area contributed by atoms with Gasteiger partial charge in [-0.05, 0) is 0 Å². The van der Waals surface area contributed by atoms with Crippen molar-refractivity contribution in [1.29, 1.82) is 0 Å². The van der Waals surface area contributed by atoms with Crippen LogP contribution in [0.3, 0.4) is 0 Å². The van der Waals surface area contributed by atoms with Gasteiger partial charge in [-0.1, -0.05) is 0 Å². The molecule has 0 aliphatic heterocycles. The number of hydrogen-bond donors (Lipinski definition) is 0. The van der Waals surface area contributed by atoms with Gasteiger partial charge >= 0.3 is 106 Å². The molecule has 0 aliphatic rings. The van der Waals surface area contributed by atoms with Crippen LogP contribution in [-0.2, 0) is 0 Å². The van der Waals surface area contributed by atoms with Gasteiger partial charge in [-0.3, -0.25) is 0 Å². The third-order valence-electron chi connectivity index (χ3n) is 2.03. The van der Waals surface area contributed by atoms with E-state index in [1.54, 1.807) is 0 Å². The third kappa shape index (κ3) is 4.21. The van der Waals surface area contributed by atoms with E-state index in [0.29, 0.717) is 0 Å². The standard InChI is InChI=1S/C11H9O2PSSe.Tl/c12-7-10-5-6-11(16-10)8-1-3-9(4-2-8)13-15-14;/h1-7H,14H2;. The summed E-state index contributed by atoms with van der Waals surface area (Å²) in [5.41, 5.74) is 1.16. The zero-order valence-corrected chi connectivity index (χ0v) is 17.0. The normalized spacial score (nSPS) is 9.47. The second kappa shape index (κ2) is 7.74. The molecule has 0 fully saturated rings. The molecule has 0 saturated heterocycles. The fourth-order valence-electron chi connectivity index (χ4n) is 1.30. The van der Waals surface area contributed by atoms with Gasteiger partial charge in [-0.2, -0.15) is 0 Å². The Hall–Kier alpha value is 0.392. The molecule has 0 N–H and O–H groups in total. The van der Waals surface area contributed by atoms with Gasteiger partial charge in [-0.25, -0.2) is 0 Å². The molecule has 17 heavy (non-hydrogen) atoms. The molecule has 1 radical (unpaired) electrons. The summed E-state index contributed by atoms with van der Waals surface area (Å²) in [6.45, 7) is 0. The van der Waals surface area contributed by atoms with Gasteiger partial charge in [0.25, 0.3) is 0 Å². The molecular formula is C11H9O2PSSeTl. The first-order chi connectivity index (χ1) is 7.83. The van der Waals surface area contributed by atoms with E-state index in [9.17, 15) is 4.79 Å². The van der Waals surface area contributed by atoms with E-state index >= 15 is 0 Å². The summed E-state index contributed by atoms with van der Waals surface area (Å²) in [5, 5.41) is 0. The zero-order valence-electron chi connectivity index (χ0n) is 8.83. The van der Waals surface area contributed by atoms with Crippen molar-refractivity contribution in [1.82, 2.24) is 0 Å². The van der Waals surface area contributed by atoms with Gasteiger partial charge < -0.3 is 0 Å². The van der Waals surface area contributed by atoms with Crippen molar-refractivity contribution in [2.75, 3.05) is 0 Å². The monoisotopic (exact) mass is 521 g/mol. The van der Waals surface area contributed by atoms with Gasteiger partial charge in [0.2, 0.25) is 0 Å². The first-order valence-electron chi connectivity index (χ1n) is 4.52. The predicted molar refractivity (Wildman–Crippen MR) is 77.9 cm³/mol. The Morgan fingerprint density at radius 3 is 2.41 bits per heavy atom. The summed E-state index contributed by atoms with van der Waals surface area (Å²) in [6, 6.07) is 11.8. The third-order valence-corrected chi connectivity index (χ3v) is 4.83. The van der Waals surface area contributed by atoms with Crippen LogP contribution >= 0.6 is 20.1 Å². The number of benzene rings is 1. The quantitative estimate of drug-likeness (QED) is 0.269.